The summed E-state index contributed by atoms with van der Waals surface area (Å²) in [6, 6.07) is 8.28. The summed E-state index contributed by atoms with van der Waals surface area (Å²) in [5.41, 5.74) is 1.22. The predicted octanol–water partition coefficient (Wildman–Crippen LogP) is 3.50. The lowest BCUT2D eigenvalue weighted by atomic mass is 10.1. The van der Waals surface area contributed by atoms with Crippen LogP contribution in [0.3, 0.4) is 0 Å². The van der Waals surface area contributed by atoms with Gasteiger partial charge in [-0.2, -0.15) is 0 Å². The smallest absolute Gasteiger partial charge is 0.164 e. The van der Waals surface area contributed by atoms with E-state index in [0.717, 1.165) is 0 Å². The molecule has 1 aromatic carbocycles. The summed E-state index contributed by atoms with van der Waals surface area (Å²) in [6.07, 6.45) is 0.156. The maximum Gasteiger partial charge on any atom is 0.164 e. The van der Waals surface area contributed by atoms with Crippen molar-refractivity contribution in [3.05, 3.63) is 33.4 Å². The first-order valence-electron chi connectivity index (χ1n) is 5.10. The van der Waals surface area contributed by atoms with E-state index in [1.807, 2.05) is 26.0 Å². The number of ether oxygens (including phenoxy) is 2. The third-order valence-corrected chi connectivity index (χ3v) is 3.50. The lowest BCUT2D eigenvalue weighted by Crippen LogP contribution is -2.20. The molecule has 0 saturated carbocycles. The number of benzene rings is 1. The molecule has 0 amide bonds. The van der Waals surface area contributed by atoms with Gasteiger partial charge in [-0.3, -0.25) is 0 Å². The molecular formula is C12H15IO2. The predicted molar refractivity (Wildman–Crippen MR) is 67.6 cm³/mol. The van der Waals surface area contributed by atoms with E-state index in [1.165, 1.54) is 9.13 Å². The highest BCUT2D eigenvalue weighted by atomic mass is 127. The van der Waals surface area contributed by atoms with E-state index >= 15 is 0 Å². The minimum atomic E-state index is -0.469. The van der Waals surface area contributed by atoms with Crippen LogP contribution in [0.15, 0.2) is 24.3 Å². The highest BCUT2D eigenvalue weighted by Gasteiger charge is 2.39. The quantitative estimate of drug-likeness (QED) is 0.738. The molecule has 2 atom stereocenters. The zero-order valence-electron chi connectivity index (χ0n) is 9.16. The summed E-state index contributed by atoms with van der Waals surface area (Å²) in [5, 5.41) is 0. The van der Waals surface area contributed by atoms with Crippen LogP contribution in [0.5, 0.6) is 0 Å². The first-order valence-corrected chi connectivity index (χ1v) is 6.17. The van der Waals surface area contributed by atoms with Crippen LogP contribution in [0.25, 0.3) is 0 Å². The maximum atomic E-state index is 5.90. The third kappa shape index (κ3) is 2.34. The fourth-order valence-corrected chi connectivity index (χ4v) is 2.66. The van der Waals surface area contributed by atoms with E-state index in [1.54, 1.807) is 0 Å². The Kier molecular flexibility index (Phi) is 3.05. The molecule has 0 bridgehead atoms. The van der Waals surface area contributed by atoms with Crippen molar-refractivity contribution in [1.82, 2.24) is 0 Å². The summed E-state index contributed by atoms with van der Waals surface area (Å²) in [6.45, 7) is 5.97. The summed E-state index contributed by atoms with van der Waals surface area (Å²) in [5.74, 6) is -0.469. The molecule has 1 saturated heterocycles. The number of hydrogen-bond donors (Lipinski definition) is 0. The van der Waals surface area contributed by atoms with Gasteiger partial charge in [0.1, 0.15) is 6.10 Å². The Bertz CT molecular complexity index is 362. The molecule has 2 nitrogen and oxygen atoms in total. The zero-order valence-corrected chi connectivity index (χ0v) is 11.3. The fourth-order valence-electron chi connectivity index (χ4n) is 1.96. The monoisotopic (exact) mass is 318 g/mol. The molecule has 2 rings (SSSR count). The van der Waals surface area contributed by atoms with Crippen molar-refractivity contribution in [3.63, 3.8) is 0 Å². The zero-order chi connectivity index (χ0) is 11.1. The summed E-state index contributed by atoms with van der Waals surface area (Å²) < 4.78 is 12.9. The van der Waals surface area contributed by atoms with Crippen molar-refractivity contribution < 1.29 is 9.47 Å². The Hall–Kier alpha value is -0.130. The van der Waals surface area contributed by atoms with Crippen LogP contribution in [0, 0.1) is 3.57 Å². The number of hydrogen-bond acceptors (Lipinski definition) is 2. The van der Waals surface area contributed by atoms with Crippen molar-refractivity contribution in [2.75, 3.05) is 0 Å². The molecular weight excluding hydrogens is 303 g/mol. The molecule has 0 N–H and O–H groups in total. The minimum Gasteiger partial charge on any atom is -0.344 e. The Labute approximate surface area is 104 Å². The Morgan fingerprint density at radius 1 is 1.20 bits per heavy atom. The van der Waals surface area contributed by atoms with E-state index in [2.05, 4.69) is 41.6 Å². The molecule has 0 radical (unpaired) electrons. The standard InChI is InChI=1S/C12H15IO2/c1-8-11(15-12(2,3)14-8)9-6-4-5-7-10(9)13/h4-8,11H,1-3H3. The molecule has 3 heteroatoms. The molecule has 1 aromatic rings. The van der Waals surface area contributed by atoms with E-state index in [-0.39, 0.29) is 12.2 Å². The highest BCUT2D eigenvalue weighted by Crippen LogP contribution is 2.39. The summed E-state index contributed by atoms with van der Waals surface area (Å²) in [7, 11) is 0. The van der Waals surface area contributed by atoms with E-state index < -0.39 is 5.79 Å². The van der Waals surface area contributed by atoms with Crippen molar-refractivity contribution in [3.8, 4) is 0 Å². The number of halogens is 1. The van der Waals surface area contributed by atoms with Gasteiger partial charge in [-0.05, 0) is 55.0 Å². The average molecular weight is 318 g/mol. The lowest BCUT2D eigenvalue weighted by Gasteiger charge is -2.17. The van der Waals surface area contributed by atoms with Gasteiger partial charge in [0.15, 0.2) is 5.79 Å². The van der Waals surface area contributed by atoms with Gasteiger partial charge in [0, 0.05) is 3.57 Å². The number of rotatable bonds is 1. The van der Waals surface area contributed by atoms with Crippen LogP contribution in [0.1, 0.15) is 32.4 Å². The van der Waals surface area contributed by atoms with E-state index in [4.69, 9.17) is 9.47 Å². The fraction of sp³-hybridized carbons (Fsp3) is 0.500. The van der Waals surface area contributed by atoms with Gasteiger partial charge in [0.05, 0.1) is 6.10 Å². The normalized spacial score (nSPS) is 29.3. The Balaban J connectivity index is 2.29. The first-order chi connectivity index (χ1) is 6.99. The molecule has 15 heavy (non-hydrogen) atoms. The molecule has 2 unspecified atom stereocenters. The Morgan fingerprint density at radius 2 is 1.87 bits per heavy atom. The second-order valence-electron chi connectivity index (χ2n) is 4.28. The van der Waals surface area contributed by atoms with E-state index in [9.17, 15) is 0 Å². The third-order valence-electron chi connectivity index (χ3n) is 2.52. The van der Waals surface area contributed by atoms with Crippen molar-refractivity contribution in [2.24, 2.45) is 0 Å². The van der Waals surface area contributed by atoms with Gasteiger partial charge in [-0.1, -0.05) is 18.2 Å². The maximum absolute atomic E-state index is 5.90. The van der Waals surface area contributed by atoms with Crippen molar-refractivity contribution in [2.45, 2.75) is 38.8 Å². The molecule has 1 heterocycles. The second kappa shape index (κ2) is 4.03. The van der Waals surface area contributed by atoms with E-state index in [0.29, 0.717) is 0 Å². The van der Waals surface area contributed by atoms with Gasteiger partial charge >= 0.3 is 0 Å². The van der Waals surface area contributed by atoms with Crippen LogP contribution in [0.2, 0.25) is 0 Å². The molecule has 1 aliphatic rings. The van der Waals surface area contributed by atoms with Gasteiger partial charge in [-0.15, -0.1) is 0 Å². The minimum absolute atomic E-state index is 0.0492. The van der Waals surface area contributed by atoms with Crippen LogP contribution < -0.4 is 0 Å². The van der Waals surface area contributed by atoms with Crippen molar-refractivity contribution >= 4 is 22.6 Å². The SMILES string of the molecule is CC1OC(C)(C)OC1c1ccccc1I. The molecule has 0 spiro atoms. The van der Waals surface area contributed by atoms with Crippen LogP contribution in [-0.4, -0.2) is 11.9 Å². The summed E-state index contributed by atoms with van der Waals surface area (Å²) in [4.78, 5) is 0. The van der Waals surface area contributed by atoms with Gasteiger partial charge in [-0.25, -0.2) is 0 Å². The topological polar surface area (TPSA) is 18.5 Å². The average Bonchev–Trinajstić information content (AvgIpc) is 2.40. The molecule has 1 aliphatic heterocycles. The first kappa shape index (κ1) is 11.4. The molecule has 82 valence electrons. The molecule has 1 fully saturated rings. The second-order valence-corrected chi connectivity index (χ2v) is 5.44. The van der Waals surface area contributed by atoms with Crippen LogP contribution in [0.4, 0.5) is 0 Å². The van der Waals surface area contributed by atoms with Gasteiger partial charge in [0.25, 0.3) is 0 Å². The largest absolute Gasteiger partial charge is 0.344 e. The van der Waals surface area contributed by atoms with Gasteiger partial charge in [0.2, 0.25) is 0 Å². The van der Waals surface area contributed by atoms with Crippen molar-refractivity contribution in [1.29, 1.82) is 0 Å². The van der Waals surface area contributed by atoms with Crippen LogP contribution >= 0.6 is 22.6 Å². The molecule has 0 aliphatic carbocycles. The molecule has 0 aromatic heterocycles. The lowest BCUT2D eigenvalue weighted by molar-refractivity contribution is -0.145. The Morgan fingerprint density at radius 3 is 2.40 bits per heavy atom. The van der Waals surface area contributed by atoms with Gasteiger partial charge < -0.3 is 9.47 Å². The summed E-state index contributed by atoms with van der Waals surface area (Å²) >= 11 is 2.34. The van der Waals surface area contributed by atoms with Crippen LogP contribution in [-0.2, 0) is 9.47 Å². The highest BCUT2D eigenvalue weighted by molar-refractivity contribution is 14.1.